The molecular weight excluding hydrogens is 371 g/mol. The van der Waals surface area contributed by atoms with Crippen molar-refractivity contribution in [3.8, 4) is 0 Å². The van der Waals surface area contributed by atoms with Crippen LogP contribution in [0, 0.1) is 5.41 Å². The Bertz CT molecular complexity index is 328. The molecule has 0 saturated carbocycles. The topological polar surface area (TPSA) is 74.8 Å². The van der Waals surface area contributed by atoms with Crippen LogP contribution in [0.15, 0.2) is 4.99 Å². The number of guanidine groups is 1. The normalized spacial score (nSPS) is 19.2. The van der Waals surface area contributed by atoms with Gasteiger partial charge in [0.25, 0.3) is 0 Å². The lowest BCUT2D eigenvalue weighted by Crippen LogP contribution is -2.48. The van der Waals surface area contributed by atoms with Gasteiger partial charge in [0.2, 0.25) is 5.91 Å². The summed E-state index contributed by atoms with van der Waals surface area (Å²) in [6, 6.07) is 0. The quantitative estimate of drug-likeness (QED) is 0.363. The second-order valence-corrected chi connectivity index (χ2v) is 5.40. The molecule has 0 aromatic rings. The van der Waals surface area contributed by atoms with Crippen LogP contribution in [0.3, 0.4) is 0 Å². The lowest BCUT2D eigenvalue weighted by molar-refractivity contribution is -0.128. The third kappa shape index (κ3) is 6.25. The van der Waals surface area contributed by atoms with E-state index in [4.69, 9.17) is 4.74 Å². The van der Waals surface area contributed by atoms with Gasteiger partial charge in [-0.3, -0.25) is 9.79 Å². The number of hydrogen-bond donors (Lipinski definition) is 3. The van der Waals surface area contributed by atoms with Crippen LogP contribution in [-0.4, -0.2) is 51.8 Å². The third-order valence-electron chi connectivity index (χ3n) is 3.28. The molecule has 1 fully saturated rings. The summed E-state index contributed by atoms with van der Waals surface area (Å²) in [4.78, 5) is 15.8. The van der Waals surface area contributed by atoms with Gasteiger partial charge < -0.3 is 20.7 Å². The van der Waals surface area contributed by atoms with E-state index >= 15 is 0 Å². The number of ether oxygens (including phenoxy) is 1. The molecule has 6 nitrogen and oxygen atoms in total. The van der Waals surface area contributed by atoms with Crippen molar-refractivity contribution >= 4 is 35.8 Å². The molecule has 1 aliphatic heterocycles. The maximum Gasteiger partial charge on any atom is 0.227 e. The highest BCUT2D eigenvalue weighted by Gasteiger charge is 2.26. The average molecular weight is 398 g/mol. The molecule has 1 rings (SSSR count). The van der Waals surface area contributed by atoms with Crippen molar-refractivity contribution in [1.82, 2.24) is 16.0 Å². The minimum absolute atomic E-state index is 0. The van der Waals surface area contributed by atoms with Gasteiger partial charge in [-0.1, -0.05) is 0 Å². The zero-order valence-corrected chi connectivity index (χ0v) is 15.1. The summed E-state index contributed by atoms with van der Waals surface area (Å²) in [6.07, 6.45) is 2.49. The second-order valence-electron chi connectivity index (χ2n) is 5.40. The molecule has 0 aromatic carbocycles. The highest BCUT2D eigenvalue weighted by atomic mass is 127. The fourth-order valence-corrected chi connectivity index (χ4v) is 1.96. The van der Waals surface area contributed by atoms with Crippen molar-refractivity contribution in [2.75, 3.05) is 33.8 Å². The van der Waals surface area contributed by atoms with Crippen LogP contribution in [-0.2, 0) is 9.53 Å². The summed E-state index contributed by atoms with van der Waals surface area (Å²) in [6.45, 7) is 5.92. The highest BCUT2D eigenvalue weighted by Crippen LogP contribution is 2.13. The smallest absolute Gasteiger partial charge is 0.227 e. The van der Waals surface area contributed by atoms with Gasteiger partial charge in [-0.05, 0) is 26.7 Å². The molecule has 7 heteroatoms. The molecule has 118 valence electrons. The third-order valence-corrected chi connectivity index (χ3v) is 3.28. The first-order chi connectivity index (χ1) is 8.99. The average Bonchev–Trinajstić information content (AvgIpc) is 2.91. The molecule has 0 spiro atoms. The van der Waals surface area contributed by atoms with E-state index in [0.717, 1.165) is 26.0 Å². The van der Waals surface area contributed by atoms with Gasteiger partial charge in [-0.15, -0.1) is 24.0 Å². The van der Waals surface area contributed by atoms with Crippen LogP contribution >= 0.6 is 24.0 Å². The van der Waals surface area contributed by atoms with Gasteiger partial charge in [0.1, 0.15) is 0 Å². The lowest BCUT2D eigenvalue weighted by atomic mass is 9.92. The Hall–Kier alpha value is -0.570. The number of carbonyl (C=O) groups excluding carboxylic acids is 1. The number of hydrogen-bond acceptors (Lipinski definition) is 3. The van der Waals surface area contributed by atoms with E-state index in [1.165, 1.54) is 0 Å². The minimum atomic E-state index is -0.476. The molecule has 20 heavy (non-hydrogen) atoms. The van der Waals surface area contributed by atoms with E-state index in [-0.39, 0.29) is 36.0 Å². The monoisotopic (exact) mass is 398 g/mol. The Morgan fingerprint density at radius 1 is 1.40 bits per heavy atom. The van der Waals surface area contributed by atoms with Crippen molar-refractivity contribution < 1.29 is 9.53 Å². The molecule has 1 heterocycles. The first kappa shape index (κ1) is 19.4. The summed E-state index contributed by atoms with van der Waals surface area (Å²) < 4.78 is 5.54. The summed E-state index contributed by atoms with van der Waals surface area (Å²) in [5.74, 6) is 0.710. The number of halogens is 1. The number of nitrogens with one attached hydrogen (secondary N) is 3. The molecule has 1 unspecified atom stereocenters. The predicted molar refractivity (Wildman–Crippen MR) is 91.6 cm³/mol. The number of rotatable bonds is 5. The van der Waals surface area contributed by atoms with Gasteiger partial charge in [-0.2, -0.15) is 0 Å². The Kier molecular flexibility index (Phi) is 9.11. The van der Waals surface area contributed by atoms with Crippen LogP contribution in [0.2, 0.25) is 0 Å². The van der Waals surface area contributed by atoms with E-state index in [2.05, 4.69) is 20.9 Å². The van der Waals surface area contributed by atoms with E-state index in [1.54, 1.807) is 14.1 Å². The van der Waals surface area contributed by atoms with Crippen LogP contribution < -0.4 is 16.0 Å². The van der Waals surface area contributed by atoms with Gasteiger partial charge in [0, 0.05) is 33.8 Å². The molecule has 0 aliphatic carbocycles. The second kappa shape index (κ2) is 9.38. The molecule has 0 aromatic heterocycles. The highest BCUT2D eigenvalue weighted by molar-refractivity contribution is 14.0. The molecule has 1 saturated heterocycles. The lowest BCUT2D eigenvalue weighted by Gasteiger charge is -2.24. The first-order valence-corrected chi connectivity index (χ1v) is 6.78. The van der Waals surface area contributed by atoms with Gasteiger partial charge in [0.15, 0.2) is 5.96 Å². The van der Waals surface area contributed by atoms with E-state index < -0.39 is 5.41 Å². The maximum absolute atomic E-state index is 11.7. The SMILES string of the molecule is CN=C(NCC1CCCO1)NCC(C)(C)C(=O)NC.I. The summed E-state index contributed by atoms with van der Waals surface area (Å²) in [7, 11) is 3.37. The zero-order valence-electron chi connectivity index (χ0n) is 12.8. The summed E-state index contributed by atoms with van der Waals surface area (Å²) in [5, 5.41) is 9.06. The fourth-order valence-electron chi connectivity index (χ4n) is 1.96. The van der Waals surface area contributed by atoms with E-state index in [9.17, 15) is 4.79 Å². The summed E-state index contributed by atoms with van der Waals surface area (Å²) in [5.41, 5.74) is -0.476. The molecule has 0 radical (unpaired) electrons. The van der Waals surface area contributed by atoms with Crippen LogP contribution in [0.5, 0.6) is 0 Å². The van der Waals surface area contributed by atoms with Crippen LogP contribution in [0.1, 0.15) is 26.7 Å². The summed E-state index contributed by atoms with van der Waals surface area (Å²) >= 11 is 0. The Labute approximate surface area is 138 Å². The molecule has 3 N–H and O–H groups in total. The maximum atomic E-state index is 11.7. The Balaban J connectivity index is 0.00000361. The number of carbonyl (C=O) groups is 1. The van der Waals surface area contributed by atoms with Crippen LogP contribution in [0.25, 0.3) is 0 Å². The van der Waals surface area contributed by atoms with Gasteiger partial charge in [-0.25, -0.2) is 0 Å². The zero-order chi connectivity index (χ0) is 14.3. The Morgan fingerprint density at radius 2 is 2.10 bits per heavy atom. The van der Waals surface area contributed by atoms with Crippen molar-refractivity contribution in [3.63, 3.8) is 0 Å². The van der Waals surface area contributed by atoms with Crippen LogP contribution in [0.4, 0.5) is 0 Å². The van der Waals surface area contributed by atoms with Crippen molar-refractivity contribution in [2.45, 2.75) is 32.8 Å². The van der Waals surface area contributed by atoms with Gasteiger partial charge in [0.05, 0.1) is 11.5 Å². The molecule has 1 amide bonds. The minimum Gasteiger partial charge on any atom is -0.376 e. The van der Waals surface area contributed by atoms with Crippen molar-refractivity contribution in [3.05, 3.63) is 0 Å². The number of amides is 1. The Morgan fingerprint density at radius 3 is 2.60 bits per heavy atom. The standard InChI is InChI=1S/C13H26N4O2.HI/c1-13(2,11(18)14-3)9-17-12(15-4)16-8-10-6-5-7-19-10;/h10H,5-9H2,1-4H3,(H,14,18)(H2,15,16,17);1H. The van der Waals surface area contributed by atoms with E-state index in [0.29, 0.717) is 12.5 Å². The fraction of sp³-hybridized carbons (Fsp3) is 0.846. The number of nitrogens with zero attached hydrogens (tertiary/aromatic N) is 1. The molecule has 1 atom stereocenters. The predicted octanol–water partition coefficient (Wildman–Crippen LogP) is 0.721. The van der Waals surface area contributed by atoms with Crippen molar-refractivity contribution in [2.24, 2.45) is 10.4 Å². The number of aliphatic imine (C=N–C) groups is 1. The first-order valence-electron chi connectivity index (χ1n) is 6.78. The molecule has 1 aliphatic rings. The van der Waals surface area contributed by atoms with Gasteiger partial charge >= 0.3 is 0 Å². The molecule has 0 bridgehead atoms. The molecular formula is C13H27IN4O2. The van der Waals surface area contributed by atoms with E-state index in [1.807, 2.05) is 13.8 Å². The largest absolute Gasteiger partial charge is 0.376 e. The van der Waals surface area contributed by atoms with Crippen molar-refractivity contribution in [1.29, 1.82) is 0 Å².